The maximum Gasteiger partial charge on any atom is 0.227 e. The van der Waals surface area contributed by atoms with Gasteiger partial charge in [-0.3, -0.25) is 4.79 Å². The lowest BCUT2D eigenvalue weighted by Gasteiger charge is -2.29. The molecule has 1 aliphatic carbocycles. The van der Waals surface area contributed by atoms with Crippen molar-refractivity contribution in [2.24, 2.45) is 5.92 Å². The maximum absolute atomic E-state index is 12.6. The zero-order chi connectivity index (χ0) is 20.1. The second-order valence-electron chi connectivity index (χ2n) is 8.00. The number of hydrogen-bond acceptors (Lipinski definition) is 4. The molecule has 2 N–H and O–H groups in total. The van der Waals surface area contributed by atoms with Crippen LogP contribution in [0.5, 0.6) is 0 Å². The van der Waals surface area contributed by atoms with Gasteiger partial charge in [0.05, 0.1) is 5.25 Å². The van der Waals surface area contributed by atoms with Crippen LogP contribution in [0.2, 0.25) is 0 Å². The fraction of sp³-hybridized carbons (Fsp3) is 0.571. The molecule has 0 aromatic heterocycles. The molecule has 7 heteroatoms. The molecule has 154 valence electrons. The van der Waals surface area contributed by atoms with Gasteiger partial charge >= 0.3 is 0 Å². The van der Waals surface area contributed by atoms with E-state index in [1.165, 1.54) is 5.69 Å². The summed E-state index contributed by atoms with van der Waals surface area (Å²) in [5, 5.41) is 2.58. The summed E-state index contributed by atoms with van der Waals surface area (Å²) in [5.74, 6) is -0.0365. The number of amides is 1. The normalized spacial score (nSPS) is 23.0. The van der Waals surface area contributed by atoms with E-state index in [2.05, 4.69) is 27.1 Å². The minimum atomic E-state index is -3.26. The number of nitrogens with zero attached hydrogens (tertiary/aromatic N) is 1. The molecular formula is C21H31N3O3S. The highest BCUT2D eigenvalue weighted by atomic mass is 32.2. The minimum Gasteiger partial charge on any atom is -0.367 e. The number of hydrogen-bond donors (Lipinski definition) is 2. The zero-order valence-electron chi connectivity index (χ0n) is 16.7. The third-order valence-corrected chi connectivity index (χ3v) is 7.51. The quantitative estimate of drug-likeness (QED) is 0.712. The van der Waals surface area contributed by atoms with Gasteiger partial charge in [-0.1, -0.05) is 12.2 Å². The fourth-order valence-corrected chi connectivity index (χ4v) is 4.69. The van der Waals surface area contributed by atoms with Crippen molar-refractivity contribution < 1.29 is 13.2 Å². The van der Waals surface area contributed by atoms with E-state index in [1.807, 2.05) is 24.3 Å². The largest absolute Gasteiger partial charge is 0.367 e. The number of carbonyl (C=O) groups excluding carboxylic acids is 1. The van der Waals surface area contributed by atoms with E-state index in [4.69, 9.17) is 0 Å². The SMILES string of the molecule is CC(C)S(=O)(=O)NC1CCC(C(=O)Nc2ccc(N3CC=CCC3)cc2)CC1. The molecule has 1 aromatic carbocycles. The van der Waals surface area contributed by atoms with E-state index in [0.29, 0.717) is 25.7 Å². The maximum atomic E-state index is 12.6. The predicted molar refractivity (Wildman–Crippen MR) is 114 cm³/mol. The first-order valence-corrected chi connectivity index (χ1v) is 11.7. The van der Waals surface area contributed by atoms with Crippen molar-refractivity contribution in [1.82, 2.24) is 4.72 Å². The van der Waals surface area contributed by atoms with Crippen LogP contribution in [0.25, 0.3) is 0 Å². The van der Waals surface area contributed by atoms with E-state index in [-0.39, 0.29) is 17.9 Å². The molecule has 28 heavy (non-hydrogen) atoms. The van der Waals surface area contributed by atoms with Crippen molar-refractivity contribution >= 4 is 27.3 Å². The molecule has 1 saturated carbocycles. The minimum absolute atomic E-state index is 0.0267. The van der Waals surface area contributed by atoms with Crippen LogP contribution in [0.3, 0.4) is 0 Å². The highest BCUT2D eigenvalue weighted by Crippen LogP contribution is 2.27. The Hall–Kier alpha value is -1.86. The van der Waals surface area contributed by atoms with Crippen LogP contribution in [0.15, 0.2) is 36.4 Å². The van der Waals surface area contributed by atoms with Crippen molar-refractivity contribution in [1.29, 1.82) is 0 Å². The lowest BCUT2D eigenvalue weighted by molar-refractivity contribution is -0.120. The summed E-state index contributed by atoms with van der Waals surface area (Å²) in [7, 11) is -3.26. The van der Waals surface area contributed by atoms with Gasteiger partial charge < -0.3 is 10.2 Å². The molecule has 1 heterocycles. The zero-order valence-corrected chi connectivity index (χ0v) is 17.5. The van der Waals surface area contributed by atoms with Crippen molar-refractivity contribution in [2.75, 3.05) is 23.3 Å². The third-order valence-electron chi connectivity index (χ3n) is 5.61. The standard InChI is InChI=1S/C21H31N3O3S/c1-16(2)28(26,27)23-19-8-6-17(7-9-19)21(25)22-18-10-12-20(13-11-18)24-14-4-3-5-15-24/h3-4,10-13,16-17,19,23H,5-9,14-15H2,1-2H3,(H,22,25). The van der Waals surface area contributed by atoms with Gasteiger partial charge in [0, 0.05) is 36.4 Å². The topological polar surface area (TPSA) is 78.5 Å². The van der Waals surface area contributed by atoms with Gasteiger partial charge in [-0.25, -0.2) is 13.1 Å². The summed E-state index contributed by atoms with van der Waals surface area (Å²) < 4.78 is 26.8. The predicted octanol–water partition coefficient (Wildman–Crippen LogP) is 3.28. The highest BCUT2D eigenvalue weighted by Gasteiger charge is 2.29. The molecule has 1 aliphatic heterocycles. The van der Waals surface area contributed by atoms with Crippen LogP contribution in [0.4, 0.5) is 11.4 Å². The number of anilines is 2. The van der Waals surface area contributed by atoms with Crippen LogP contribution >= 0.6 is 0 Å². The van der Waals surface area contributed by atoms with Crippen LogP contribution < -0.4 is 14.9 Å². The van der Waals surface area contributed by atoms with E-state index in [1.54, 1.807) is 13.8 Å². The van der Waals surface area contributed by atoms with Crippen LogP contribution in [-0.2, 0) is 14.8 Å². The number of benzene rings is 1. The summed E-state index contributed by atoms with van der Waals surface area (Å²) >= 11 is 0. The van der Waals surface area contributed by atoms with Crippen LogP contribution in [-0.4, -0.2) is 38.7 Å². The molecule has 0 unspecified atom stereocenters. The fourth-order valence-electron chi connectivity index (χ4n) is 3.72. The Balaban J connectivity index is 1.48. The molecule has 2 aliphatic rings. The van der Waals surface area contributed by atoms with Gasteiger partial charge in [-0.05, 0) is 70.2 Å². The van der Waals surface area contributed by atoms with Crippen LogP contribution in [0.1, 0.15) is 46.0 Å². The van der Waals surface area contributed by atoms with E-state index in [9.17, 15) is 13.2 Å². The average Bonchev–Trinajstić information content (AvgIpc) is 2.69. The molecule has 1 aromatic rings. The molecule has 0 bridgehead atoms. The van der Waals surface area contributed by atoms with Crippen LogP contribution in [0, 0.1) is 5.92 Å². The second kappa shape index (κ2) is 9.09. The third kappa shape index (κ3) is 5.35. The summed E-state index contributed by atoms with van der Waals surface area (Å²) in [5.41, 5.74) is 1.98. The molecule has 1 fully saturated rings. The Morgan fingerprint density at radius 2 is 1.75 bits per heavy atom. The molecule has 6 nitrogen and oxygen atoms in total. The molecule has 0 saturated heterocycles. The average molecular weight is 406 g/mol. The number of sulfonamides is 1. The number of carbonyl (C=O) groups is 1. The monoisotopic (exact) mass is 405 g/mol. The van der Waals surface area contributed by atoms with Crippen molar-refractivity contribution in [2.45, 2.75) is 57.2 Å². The molecular weight excluding hydrogens is 374 g/mol. The van der Waals surface area contributed by atoms with Gasteiger partial charge in [0.25, 0.3) is 0 Å². The summed E-state index contributed by atoms with van der Waals surface area (Å²) in [4.78, 5) is 14.9. The Morgan fingerprint density at radius 3 is 2.32 bits per heavy atom. The second-order valence-corrected chi connectivity index (χ2v) is 10.3. The van der Waals surface area contributed by atoms with Crippen molar-refractivity contribution in [3.63, 3.8) is 0 Å². The van der Waals surface area contributed by atoms with E-state index < -0.39 is 15.3 Å². The molecule has 0 atom stereocenters. The van der Waals surface area contributed by atoms with Gasteiger partial charge in [0.15, 0.2) is 0 Å². The molecule has 3 rings (SSSR count). The Labute approximate surface area is 168 Å². The number of rotatable bonds is 6. The van der Waals surface area contributed by atoms with Gasteiger partial charge in [-0.2, -0.15) is 0 Å². The highest BCUT2D eigenvalue weighted by molar-refractivity contribution is 7.90. The van der Waals surface area contributed by atoms with E-state index in [0.717, 1.165) is 25.2 Å². The van der Waals surface area contributed by atoms with Gasteiger partial charge in [0.2, 0.25) is 15.9 Å². The Morgan fingerprint density at radius 1 is 1.07 bits per heavy atom. The summed E-state index contributed by atoms with van der Waals surface area (Å²) in [6.07, 6.45) is 8.25. The first kappa shape index (κ1) is 20.9. The summed E-state index contributed by atoms with van der Waals surface area (Å²) in [6, 6.07) is 7.94. The first-order chi connectivity index (χ1) is 13.3. The van der Waals surface area contributed by atoms with Gasteiger partial charge in [-0.15, -0.1) is 0 Å². The first-order valence-electron chi connectivity index (χ1n) is 10.2. The summed E-state index contributed by atoms with van der Waals surface area (Å²) in [6.45, 7) is 5.30. The van der Waals surface area contributed by atoms with E-state index >= 15 is 0 Å². The van der Waals surface area contributed by atoms with Crippen molar-refractivity contribution in [3.05, 3.63) is 36.4 Å². The smallest absolute Gasteiger partial charge is 0.227 e. The Kier molecular flexibility index (Phi) is 6.78. The Bertz CT molecular complexity index is 795. The lowest BCUT2D eigenvalue weighted by atomic mass is 9.86. The van der Waals surface area contributed by atoms with Gasteiger partial charge in [0.1, 0.15) is 0 Å². The lowest BCUT2D eigenvalue weighted by Crippen LogP contribution is -2.42. The number of nitrogens with one attached hydrogen (secondary N) is 2. The molecule has 0 radical (unpaired) electrons. The van der Waals surface area contributed by atoms with Crippen molar-refractivity contribution in [3.8, 4) is 0 Å². The molecule has 1 amide bonds. The molecule has 0 spiro atoms.